The summed E-state index contributed by atoms with van der Waals surface area (Å²) in [5.41, 5.74) is 5.94. The molecule has 0 saturated heterocycles. The second-order valence-corrected chi connectivity index (χ2v) is 6.49. The van der Waals surface area contributed by atoms with Crippen molar-refractivity contribution in [2.45, 2.75) is 64.3 Å². The van der Waals surface area contributed by atoms with Crippen molar-refractivity contribution in [3.05, 3.63) is 0 Å². The summed E-state index contributed by atoms with van der Waals surface area (Å²) in [4.78, 5) is 12.1. The van der Waals surface area contributed by atoms with E-state index in [4.69, 9.17) is 5.73 Å². The normalized spacial score (nSPS) is 35.3. The predicted molar refractivity (Wildman–Crippen MR) is 81.3 cm³/mol. The van der Waals surface area contributed by atoms with Crippen LogP contribution in [-0.2, 0) is 4.79 Å². The van der Waals surface area contributed by atoms with Gasteiger partial charge in [-0.05, 0) is 43.9 Å². The molecule has 2 saturated carbocycles. The van der Waals surface area contributed by atoms with Crippen LogP contribution in [0.5, 0.6) is 0 Å². The van der Waals surface area contributed by atoms with Crippen LogP contribution in [0.25, 0.3) is 0 Å². The molecule has 0 aliphatic heterocycles. The highest BCUT2D eigenvalue weighted by atomic mass is 35.5. The van der Waals surface area contributed by atoms with Crippen molar-refractivity contribution in [3.63, 3.8) is 0 Å². The quantitative estimate of drug-likeness (QED) is 0.839. The Morgan fingerprint density at radius 3 is 2.47 bits per heavy atom. The molecule has 2 rings (SSSR count). The molecule has 0 radical (unpaired) electrons. The first-order chi connectivity index (χ1) is 8.65. The van der Waals surface area contributed by atoms with E-state index in [0.717, 1.165) is 38.1 Å². The first kappa shape index (κ1) is 16.8. The Balaban J connectivity index is 0.00000180. The molecule has 2 unspecified atom stereocenters. The number of nitrogens with two attached hydrogens (primary N) is 1. The van der Waals surface area contributed by atoms with Gasteiger partial charge in [0.2, 0.25) is 5.91 Å². The summed E-state index contributed by atoms with van der Waals surface area (Å²) in [6, 6.07) is 0.241. The van der Waals surface area contributed by atoms with Gasteiger partial charge in [0.25, 0.3) is 0 Å². The van der Waals surface area contributed by atoms with Crippen LogP contribution in [0.2, 0.25) is 0 Å². The molecule has 19 heavy (non-hydrogen) atoms. The van der Waals surface area contributed by atoms with E-state index in [1.807, 2.05) is 0 Å². The Morgan fingerprint density at radius 2 is 1.84 bits per heavy atom. The SMILES string of the molecule is CC1CCC(CNC(=O)C2CCCC(N)C2)CC1.Cl. The largest absolute Gasteiger partial charge is 0.356 e. The Hall–Kier alpha value is -0.280. The van der Waals surface area contributed by atoms with Crippen molar-refractivity contribution in [2.75, 3.05) is 6.54 Å². The first-order valence-electron chi connectivity index (χ1n) is 7.68. The lowest BCUT2D eigenvalue weighted by molar-refractivity contribution is -0.126. The monoisotopic (exact) mass is 288 g/mol. The van der Waals surface area contributed by atoms with Crippen LogP contribution in [0.4, 0.5) is 0 Å². The van der Waals surface area contributed by atoms with E-state index in [0.29, 0.717) is 5.92 Å². The second kappa shape index (κ2) is 8.11. The van der Waals surface area contributed by atoms with Crippen molar-refractivity contribution in [1.29, 1.82) is 0 Å². The molecular formula is C15H29ClN2O. The third kappa shape index (κ3) is 5.31. The molecule has 0 aromatic rings. The zero-order valence-corrected chi connectivity index (χ0v) is 12.9. The van der Waals surface area contributed by atoms with Crippen LogP contribution in [0.15, 0.2) is 0 Å². The standard InChI is InChI=1S/C15H28N2O.ClH/c1-11-5-7-12(8-6-11)10-17-15(18)13-3-2-4-14(16)9-13;/h11-14H,2-10,16H2,1H3,(H,17,18);1H. The lowest BCUT2D eigenvalue weighted by Gasteiger charge is -2.29. The molecule has 2 aliphatic rings. The zero-order valence-electron chi connectivity index (χ0n) is 12.1. The molecule has 0 aromatic heterocycles. The molecule has 2 atom stereocenters. The number of nitrogens with one attached hydrogen (secondary N) is 1. The van der Waals surface area contributed by atoms with E-state index >= 15 is 0 Å². The van der Waals surface area contributed by atoms with E-state index in [1.165, 1.54) is 25.7 Å². The minimum absolute atomic E-state index is 0. The van der Waals surface area contributed by atoms with Gasteiger partial charge in [-0.15, -0.1) is 12.4 Å². The maximum absolute atomic E-state index is 12.1. The zero-order chi connectivity index (χ0) is 13.0. The Labute approximate surface area is 123 Å². The average molecular weight is 289 g/mol. The minimum atomic E-state index is 0. The van der Waals surface area contributed by atoms with Crippen molar-refractivity contribution in [3.8, 4) is 0 Å². The summed E-state index contributed by atoms with van der Waals surface area (Å²) >= 11 is 0. The molecule has 3 N–H and O–H groups in total. The summed E-state index contributed by atoms with van der Waals surface area (Å²) in [5, 5.41) is 3.16. The second-order valence-electron chi connectivity index (χ2n) is 6.49. The number of halogens is 1. The third-order valence-electron chi connectivity index (χ3n) is 4.79. The van der Waals surface area contributed by atoms with Crippen LogP contribution in [-0.4, -0.2) is 18.5 Å². The van der Waals surface area contributed by atoms with Gasteiger partial charge in [-0.2, -0.15) is 0 Å². The molecule has 1 amide bonds. The number of carbonyl (C=O) groups is 1. The maximum atomic E-state index is 12.1. The highest BCUT2D eigenvalue weighted by Gasteiger charge is 2.26. The van der Waals surface area contributed by atoms with Gasteiger partial charge in [-0.1, -0.05) is 26.2 Å². The van der Waals surface area contributed by atoms with Gasteiger partial charge in [0.1, 0.15) is 0 Å². The predicted octanol–water partition coefficient (Wildman–Crippen LogP) is 2.87. The molecule has 0 heterocycles. The van der Waals surface area contributed by atoms with Gasteiger partial charge >= 0.3 is 0 Å². The van der Waals surface area contributed by atoms with Crippen molar-refractivity contribution >= 4 is 18.3 Å². The van der Waals surface area contributed by atoms with Crippen molar-refractivity contribution < 1.29 is 4.79 Å². The average Bonchev–Trinajstić information content (AvgIpc) is 2.38. The van der Waals surface area contributed by atoms with Gasteiger partial charge in [0.05, 0.1) is 0 Å². The van der Waals surface area contributed by atoms with Crippen molar-refractivity contribution in [1.82, 2.24) is 5.32 Å². The summed E-state index contributed by atoms with van der Waals surface area (Å²) in [6.45, 7) is 3.22. The maximum Gasteiger partial charge on any atom is 0.223 e. The van der Waals surface area contributed by atoms with E-state index in [2.05, 4.69) is 12.2 Å². The molecule has 112 valence electrons. The molecular weight excluding hydrogens is 260 g/mol. The minimum Gasteiger partial charge on any atom is -0.356 e. The lowest BCUT2D eigenvalue weighted by atomic mass is 9.82. The molecule has 4 heteroatoms. The van der Waals surface area contributed by atoms with Gasteiger partial charge in [0, 0.05) is 18.5 Å². The van der Waals surface area contributed by atoms with Gasteiger partial charge in [-0.3, -0.25) is 4.79 Å². The fraction of sp³-hybridized carbons (Fsp3) is 0.933. The Bertz CT molecular complexity index is 277. The van der Waals surface area contributed by atoms with E-state index in [1.54, 1.807) is 0 Å². The van der Waals surface area contributed by atoms with E-state index in [9.17, 15) is 4.79 Å². The Morgan fingerprint density at radius 1 is 1.16 bits per heavy atom. The lowest BCUT2D eigenvalue weighted by Crippen LogP contribution is -2.39. The van der Waals surface area contributed by atoms with Crippen LogP contribution in [0, 0.1) is 17.8 Å². The summed E-state index contributed by atoms with van der Waals surface area (Å²) in [6.07, 6.45) is 9.33. The first-order valence-corrected chi connectivity index (χ1v) is 7.68. The van der Waals surface area contributed by atoms with E-state index in [-0.39, 0.29) is 30.3 Å². The molecule has 2 aliphatic carbocycles. The molecule has 0 bridgehead atoms. The highest BCUT2D eigenvalue weighted by Crippen LogP contribution is 2.28. The summed E-state index contributed by atoms with van der Waals surface area (Å²) in [5.74, 6) is 2.02. The number of rotatable bonds is 3. The molecule has 0 aromatic carbocycles. The number of carbonyl (C=O) groups excluding carboxylic acids is 1. The van der Waals surface area contributed by atoms with Crippen LogP contribution >= 0.6 is 12.4 Å². The summed E-state index contributed by atoms with van der Waals surface area (Å²) in [7, 11) is 0. The Kier molecular flexibility index (Phi) is 7.16. The van der Waals surface area contributed by atoms with Gasteiger partial charge < -0.3 is 11.1 Å². The number of hydrogen-bond donors (Lipinski definition) is 2. The number of hydrogen-bond acceptors (Lipinski definition) is 2. The van der Waals surface area contributed by atoms with Crippen molar-refractivity contribution in [2.24, 2.45) is 23.5 Å². The van der Waals surface area contributed by atoms with Gasteiger partial charge in [0.15, 0.2) is 0 Å². The molecule has 2 fully saturated rings. The molecule has 3 nitrogen and oxygen atoms in total. The van der Waals surface area contributed by atoms with Gasteiger partial charge in [-0.25, -0.2) is 0 Å². The van der Waals surface area contributed by atoms with Crippen LogP contribution in [0.1, 0.15) is 58.3 Å². The fourth-order valence-electron chi connectivity index (χ4n) is 3.39. The topological polar surface area (TPSA) is 55.1 Å². The van der Waals surface area contributed by atoms with Crippen LogP contribution in [0.3, 0.4) is 0 Å². The number of amides is 1. The molecule has 0 spiro atoms. The van der Waals surface area contributed by atoms with E-state index < -0.39 is 0 Å². The smallest absolute Gasteiger partial charge is 0.223 e. The third-order valence-corrected chi connectivity index (χ3v) is 4.79. The highest BCUT2D eigenvalue weighted by molar-refractivity contribution is 5.85. The fourth-order valence-corrected chi connectivity index (χ4v) is 3.39. The summed E-state index contributed by atoms with van der Waals surface area (Å²) < 4.78 is 0. The van der Waals surface area contributed by atoms with Crippen LogP contribution < -0.4 is 11.1 Å².